The Labute approximate surface area is 142 Å². The third-order valence-electron chi connectivity index (χ3n) is 2.99. The van der Waals surface area contributed by atoms with Crippen LogP contribution in [0.4, 0.5) is 13.2 Å². The van der Waals surface area contributed by atoms with E-state index in [9.17, 15) is 13.2 Å². The minimum absolute atomic E-state index is 0.0438. The lowest BCUT2D eigenvalue weighted by Crippen LogP contribution is -2.09. The number of hydrogen-bond acceptors (Lipinski definition) is 6. The van der Waals surface area contributed by atoms with Crippen molar-refractivity contribution in [3.05, 3.63) is 40.4 Å². The number of halogens is 4. The highest BCUT2D eigenvalue weighted by molar-refractivity contribution is 6.32. The molecule has 0 radical (unpaired) electrons. The van der Waals surface area contributed by atoms with Crippen LogP contribution >= 0.6 is 11.6 Å². The van der Waals surface area contributed by atoms with Gasteiger partial charge in [-0.15, -0.1) is 9.90 Å². The molecule has 3 aromatic rings. The van der Waals surface area contributed by atoms with E-state index >= 15 is 0 Å². The van der Waals surface area contributed by atoms with Crippen LogP contribution in [0.2, 0.25) is 5.02 Å². The number of rotatable bonds is 2. The molecule has 0 fully saturated rings. The second-order valence-electron chi connectivity index (χ2n) is 4.58. The number of imidazole rings is 1. The van der Waals surface area contributed by atoms with E-state index in [1.807, 2.05) is 0 Å². The molecule has 1 N–H and O–H groups in total. The Kier molecular flexibility index (Phi) is 3.87. The summed E-state index contributed by atoms with van der Waals surface area (Å²) in [5, 5.41) is 25.3. The molecule has 0 atom stereocenters. The standard InChI is InChI=1S/C13H4ClF3N8/c14-7-1-6(13(15,16)17)4-20-12(7)25-21-5-10(24-25)11-22-8(2-18)9(3-19)23-11/h1,4-5H,(H,22,23). The third-order valence-corrected chi connectivity index (χ3v) is 3.27. The smallest absolute Gasteiger partial charge is 0.327 e. The van der Waals surface area contributed by atoms with Crippen molar-refractivity contribution in [2.45, 2.75) is 6.18 Å². The maximum absolute atomic E-state index is 12.6. The zero-order valence-corrected chi connectivity index (χ0v) is 12.6. The second-order valence-corrected chi connectivity index (χ2v) is 4.99. The van der Waals surface area contributed by atoms with Crippen molar-refractivity contribution < 1.29 is 13.2 Å². The molecule has 0 aliphatic carbocycles. The van der Waals surface area contributed by atoms with Gasteiger partial charge in [-0.2, -0.15) is 28.8 Å². The molecule has 0 saturated heterocycles. The molecule has 3 rings (SSSR count). The van der Waals surface area contributed by atoms with E-state index in [1.54, 1.807) is 12.1 Å². The molecule has 124 valence electrons. The van der Waals surface area contributed by atoms with Crippen LogP contribution in [-0.2, 0) is 6.18 Å². The predicted molar refractivity (Wildman–Crippen MR) is 76.2 cm³/mol. The lowest BCUT2D eigenvalue weighted by atomic mass is 10.3. The summed E-state index contributed by atoms with van der Waals surface area (Å²) < 4.78 is 37.9. The van der Waals surface area contributed by atoms with Crippen LogP contribution in [-0.4, -0.2) is 29.9 Å². The van der Waals surface area contributed by atoms with Crippen LogP contribution < -0.4 is 0 Å². The van der Waals surface area contributed by atoms with Gasteiger partial charge in [0.1, 0.15) is 17.8 Å². The summed E-state index contributed by atoms with van der Waals surface area (Å²) >= 11 is 5.83. The Bertz CT molecular complexity index is 1010. The molecule has 3 heterocycles. The van der Waals surface area contributed by atoms with Crippen LogP contribution in [0.25, 0.3) is 17.3 Å². The van der Waals surface area contributed by atoms with Gasteiger partial charge in [0.25, 0.3) is 0 Å². The highest BCUT2D eigenvalue weighted by atomic mass is 35.5. The Morgan fingerprint density at radius 1 is 1.20 bits per heavy atom. The molecule has 0 aliphatic heterocycles. The number of nitrogens with one attached hydrogen (secondary N) is 1. The topological polar surface area (TPSA) is 120 Å². The lowest BCUT2D eigenvalue weighted by Gasteiger charge is -2.08. The molecule has 0 bridgehead atoms. The Morgan fingerprint density at radius 3 is 2.52 bits per heavy atom. The Morgan fingerprint density at radius 2 is 1.96 bits per heavy atom. The zero-order chi connectivity index (χ0) is 18.2. The van der Waals surface area contributed by atoms with E-state index in [0.29, 0.717) is 12.3 Å². The first-order valence-corrected chi connectivity index (χ1v) is 6.77. The molecule has 0 spiro atoms. The van der Waals surface area contributed by atoms with Gasteiger partial charge >= 0.3 is 6.18 Å². The van der Waals surface area contributed by atoms with Crippen molar-refractivity contribution in [2.24, 2.45) is 0 Å². The van der Waals surface area contributed by atoms with E-state index in [0.717, 1.165) is 4.80 Å². The van der Waals surface area contributed by atoms with Gasteiger partial charge in [0, 0.05) is 6.20 Å². The van der Waals surface area contributed by atoms with Crippen molar-refractivity contribution in [1.82, 2.24) is 29.9 Å². The second kappa shape index (κ2) is 5.89. The number of aromatic amines is 1. The number of alkyl halides is 3. The van der Waals surface area contributed by atoms with E-state index in [1.165, 1.54) is 6.20 Å². The maximum atomic E-state index is 12.6. The van der Waals surface area contributed by atoms with Gasteiger partial charge in [0.2, 0.25) is 0 Å². The summed E-state index contributed by atoms with van der Waals surface area (Å²) in [6, 6.07) is 4.22. The van der Waals surface area contributed by atoms with Crippen molar-refractivity contribution in [2.75, 3.05) is 0 Å². The average molecular weight is 365 g/mol. The van der Waals surface area contributed by atoms with Crippen molar-refractivity contribution >= 4 is 11.6 Å². The van der Waals surface area contributed by atoms with E-state index in [-0.39, 0.29) is 33.7 Å². The highest BCUT2D eigenvalue weighted by Crippen LogP contribution is 2.31. The average Bonchev–Trinajstić information content (AvgIpc) is 3.20. The van der Waals surface area contributed by atoms with Crippen LogP contribution in [0.15, 0.2) is 18.5 Å². The molecule has 0 aromatic carbocycles. The van der Waals surface area contributed by atoms with Crippen molar-refractivity contribution in [1.29, 1.82) is 10.5 Å². The predicted octanol–water partition coefficient (Wildman–Crippen LogP) is 2.47. The normalized spacial score (nSPS) is 11.1. The van der Waals surface area contributed by atoms with Gasteiger partial charge < -0.3 is 4.98 Å². The minimum Gasteiger partial charge on any atom is -0.327 e. The van der Waals surface area contributed by atoms with Gasteiger partial charge in [-0.05, 0) is 6.07 Å². The monoisotopic (exact) mass is 364 g/mol. The minimum atomic E-state index is -4.58. The molecule has 0 amide bonds. The van der Waals surface area contributed by atoms with Gasteiger partial charge in [-0.3, -0.25) is 0 Å². The fourth-order valence-corrected chi connectivity index (χ4v) is 2.10. The largest absolute Gasteiger partial charge is 0.417 e. The number of nitrogens with zero attached hydrogens (tertiary/aromatic N) is 7. The summed E-state index contributed by atoms with van der Waals surface area (Å²) in [5.74, 6) is -0.0177. The Hall–Kier alpha value is -3.44. The highest BCUT2D eigenvalue weighted by Gasteiger charge is 2.32. The van der Waals surface area contributed by atoms with Crippen LogP contribution in [0.5, 0.6) is 0 Å². The van der Waals surface area contributed by atoms with Gasteiger partial charge in [0.15, 0.2) is 23.0 Å². The van der Waals surface area contributed by atoms with Gasteiger partial charge in [0.05, 0.1) is 16.8 Å². The number of hydrogen-bond donors (Lipinski definition) is 1. The maximum Gasteiger partial charge on any atom is 0.417 e. The van der Waals surface area contributed by atoms with Crippen LogP contribution in [0, 0.1) is 22.7 Å². The first-order valence-electron chi connectivity index (χ1n) is 6.39. The fraction of sp³-hybridized carbons (Fsp3) is 0.0769. The molecular formula is C13H4ClF3N8. The van der Waals surface area contributed by atoms with Gasteiger partial charge in [-0.1, -0.05) is 11.6 Å². The lowest BCUT2D eigenvalue weighted by molar-refractivity contribution is -0.137. The van der Waals surface area contributed by atoms with E-state index in [4.69, 9.17) is 22.1 Å². The quantitative estimate of drug-likeness (QED) is 0.745. The zero-order valence-electron chi connectivity index (χ0n) is 11.9. The molecule has 0 aliphatic rings. The number of H-pyrrole nitrogens is 1. The van der Waals surface area contributed by atoms with Crippen molar-refractivity contribution in [3.8, 4) is 29.5 Å². The third kappa shape index (κ3) is 3.00. The molecular weight excluding hydrogens is 361 g/mol. The van der Waals surface area contributed by atoms with Crippen LogP contribution in [0.1, 0.15) is 17.0 Å². The summed E-state index contributed by atoms with van der Waals surface area (Å²) in [7, 11) is 0. The van der Waals surface area contributed by atoms with Crippen LogP contribution in [0.3, 0.4) is 0 Å². The molecule has 0 saturated carbocycles. The van der Waals surface area contributed by atoms with E-state index < -0.39 is 11.7 Å². The molecule has 12 heteroatoms. The Balaban J connectivity index is 1.99. The summed E-state index contributed by atoms with van der Waals surface area (Å²) in [6.45, 7) is 0. The van der Waals surface area contributed by atoms with Crippen molar-refractivity contribution in [3.63, 3.8) is 0 Å². The SMILES string of the molecule is N#Cc1nc(-c2cnn(-c3ncc(C(F)(F)F)cc3Cl)n2)[nH]c1C#N. The molecule has 25 heavy (non-hydrogen) atoms. The van der Waals surface area contributed by atoms with E-state index in [2.05, 4.69) is 25.1 Å². The first-order chi connectivity index (χ1) is 11.8. The molecule has 0 unspecified atom stereocenters. The number of pyridine rings is 1. The number of nitriles is 2. The summed E-state index contributed by atoms with van der Waals surface area (Å²) in [4.78, 5) is 11.0. The fourth-order valence-electron chi connectivity index (χ4n) is 1.86. The number of aromatic nitrogens is 6. The molecule has 3 aromatic heterocycles. The summed E-state index contributed by atoms with van der Waals surface area (Å²) in [5.41, 5.74) is -1.01. The summed E-state index contributed by atoms with van der Waals surface area (Å²) in [6.07, 6.45) is -2.73. The van der Waals surface area contributed by atoms with Gasteiger partial charge in [-0.25, -0.2) is 9.97 Å². The first kappa shape index (κ1) is 16.4. The molecule has 8 nitrogen and oxygen atoms in total.